The van der Waals surface area contributed by atoms with Crippen LogP contribution in [0.4, 0.5) is 11.4 Å². The molecule has 1 fully saturated rings. The van der Waals surface area contributed by atoms with Gasteiger partial charge in [-0.15, -0.1) is 0 Å². The lowest BCUT2D eigenvalue weighted by Crippen LogP contribution is -2.39. The zero-order valence-corrected chi connectivity index (χ0v) is 18.4. The molecule has 1 atom stereocenters. The zero-order chi connectivity index (χ0) is 22.7. The van der Waals surface area contributed by atoms with Crippen LogP contribution in [0.1, 0.15) is 18.9 Å². The summed E-state index contributed by atoms with van der Waals surface area (Å²) in [6.45, 7) is 2.28. The fourth-order valence-electron chi connectivity index (χ4n) is 4.29. The second-order valence-corrected chi connectivity index (χ2v) is 8.16. The van der Waals surface area contributed by atoms with E-state index in [4.69, 9.17) is 0 Å². The lowest BCUT2D eigenvalue weighted by Gasteiger charge is -2.22. The standard InChI is InChI=1S/C26H27N3O3/c1-3-18-9-5-7-13-22(18)27-24(30)17-28(2)26(32)20-15-25(31)29(16-20)23-14-8-11-19-10-4-6-12-21(19)23/h4-14,20H,3,15-17H2,1-2H3,(H,27,30). The van der Waals surface area contributed by atoms with Gasteiger partial charge in [0.15, 0.2) is 0 Å². The van der Waals surface area contributed by atoms with E-state index in [9.17, 15) is 14.4 Å². The molecule has 1 N–H and O–H groups in total. The van der Waals surface area contributed by atoms with Crippen molar-refractivity contribution in [2.75, 3.05) is 30.4 Å². The molecule has 0 spiro atoms. The first-order valence-corrected chi connectivity index (χ1v) is 10.9. The van der Waals surface area contributed by atoms with Crippen LogP contribution in [0.15, 0.2) is 66.7 Å². The van der Waals surface area contributed by atoms with Gasteiger partial charge in [0, 0.05) is 31.1 Å². The molecule has 1 aliphatic rings. The molecular formula is C26H27N3O3. The Balaban J connectivity index is 1.42. The molecule has 1 heterocycles. The fourth-order valence-corrected chi connectivity index (χ4v) is 4.29. The second-order valence-electron chi connectivity index (χ2n) is 8.16. The maximum atomic E-state index is 13.0. The van der Waals surface area contributed by atoms with E-state index in [1.807, 2.05) is 73.7 Å². The van der Waals surface area contributed by atoms with Gasteiger partial charge in [0.05, 0.1) is 18.2 Å². The Kier molecular flexibility index (Phi) is 6.21. The maximum absolute atomic E-state index is 13.0. The molecule has 6 nitrogen and oxygen atoms in total. The van der Waals surface area contributed by atoms with Crippen molar-refractivity contribution in [2.24, 2.45) is 5.92 Å². The molecule has 164 valence electrons. The molecule has 4 rings (SSSR count). The highest BCUT2D eigenvalue weighted by molar-refractivity contribution is 6.07. The van der Waals surface area contributed by atoms with Crippen molar-refractivity contribution >= 4 is 39.9 Å². The SMILES string of the molecule is CCc1ccccc1NC(=O)CN(C)C(=O)C1CC(=O)N(c2cccc3ccccc23)C1. The number of hydrogen-bond donors (Lipinski definition) is 1. The Hall–Kier alpha value is -3.67. The van der Waals surface area contributed by atoms with Crippen LogP contribution in [0.3, 0.4) is 0 Å². The summed E-state index contributed by atoms with van der Waals surface area (Å²) in [5, 5.41) is 4.93. The molecule has 3 aromatic rings. The predicted octanol–water partition coefficient (Wildman–Crippen LogP) is 3.85. The number of aryl methyl sites for hydroxylation is 1. The summed E-state index contributed by atoms with van der Waals surface area (Å²) in [4.78, 5) is 41.4. The van der Waals surface area contributed by atoms with Gasteiger partial charge in [0.2, 0.25) is 17.7 Å². The average Bonchev–Trinajstić information content (AvgIpc) is 3.19. The minimum Gasteiger partial charge on any atom is -0.336 e. The van der Waals surface area contributed by atoms with Gasteiger partial charge in [-0.3, -0.25) is 14.4 Å². The largest absolute Gasteiger partial charge is 0.336 e. The predicted molar refractivity (Wildman–Crippen MR) is 126 cm³/mol. The van der Waals surface area contributed by atoms with Crippen molar-refractivity contribution in [1.82, 2.24) is 4.90 Å². The topological polar surface area (TPSA) is 69.7 Å². The molecule has 0 saturated carbocycles. The van der Waals surface area contributed by atoms with E-state index in [1.165, 1.54) is 4.90 Å². The zero-order valence-electron chi connectivity index (χ0n) is 18.4. The monoisotopic (exact) mass is 429 g/mol. The van der Waals surface area contributed by atoms with Crippen molar-refractivity contribution in [1.29, 1.82) is 0 Å². The quantitative estimate of drug-likeness (QED) is 0.647. The minimum absolute atomic E-state index is 0.0597. The van der Waals surface area contributed by atoms with Gasteiger partial charge in [-0.1, -0.05) is 61.5 Å². The summed E-state index contributed by atoms with van der Waals surface area (Å²) in [6.07, 6.45) is 0.950. The second kappa shape index (κ2) is 9.22. The normalized spacial score (nSPS) is 15.8. The third-order valence-corrected chi connectivity index (χ3v) is 5.96. The Morgan fingerprint density at radius 2 is 1.75 bits per heavy atom. The molecule has 32 heavy (non-hydrogen) atoms. The lowest BCUT2D eigenvalue weighted by atomic mass is 10.1. The van der Waals surface area contributed by atoms with Gasteiger partial charge in [0.1, 0.15) is 0 Å². The molecule has 0 aliphatic carbocycles. The molecule has 1 aliphatic heterocycles. The molecular weight excluding hydrogens is 402 g/mol. The first-order chi connectivity index (χ1) is 15.5. The van der Waals surface area contributed by atoms with Crippen molar-refractivity contribution in [3.05, 3.63) is 72.3 Å². The molecule has 0 radical (unpaired) electrons. The summed E-state index contributed by atoms with van der Waals surface area (Å²) >= 11 is 0. The van der Waals surface area contributed by atoms with Gasteiger partial charge in [-0.2, -0.15) is 0 Å². The third-order valence-electron chi connectivity index (χ3n) is 5.96. The lowest BCUT2D eigenvalue weighted by molar-refractivity contribution is -0.137. The number of benzene rings is 3. The number of nitrogens with one attached hydrogen (secondary N) is 1. The number of hydrogen-bond acceptors (Lipinski definition) is 3. The van der Waals surface area contributed by atoms with Crippen LogP contribution in [0.25, 0.3) is 10.8 Å². The first kappa shape index (κ1) is 21.6. The maximum Gasteiger partial charge on any atom is 0.243 e. The van der Waals surface area contributed by atoms with Crippen molar-refractivity contribution in [3.63, 3.8) is 0 Å². The van der Waals surface area contributed by atoms with E-state index in [-0.39, 0.29) is 30.7 Å². The number of rotatable bonds is 6. The van der Waals surface area contributed by atoms with E-state index in [2.05, 4.69) is 5.32 Å². The average molecular weight is 430 g/mol. The highest BCUT2D eigenvalue weighted by Crippen LogP contribution is 2.32. The summed E-state index contributed by atoms with van der Waals surface area (Å²) < 4.78 is 0. The molecule has 1 unspecified atom stereocenters. The number of carbonyl (C=O) groups excluding carboxylic acids is 3. The fraction of sp³-hybridized carbons (Fsp3) is 0.269. The minimum atomic E-state index is -0.470. The molecule has 6 heteroatoms. The number of likely N-dealkylation sites (N-methyl/N-ethyl adjacent to an activating group) is 1. The molecule has 3 amide bonds. The smallest absolute Gasteiger partial charge is 0.243 e. The molecule has 3 aromatic carbocycles. The van der Waals surface area contributed by atoms with Crippen molar-refractivity contribution in [3.8, 4) is 0 Å². The molecule has 1 saturated heterocycles. The van der Waals surface area contributed by atoms with E-state index in [0.717, 1.165) is 34.1 Å². The van der Waals surface area contributed by atoms with Crippen LogP contribution >= 0.6 is 0 Å². The number of amides is 3. The van der Waals surface area contributed by atoms with Crippen LogP contribution in [-0.2, 0) is 20.8 Å². The van der Waals surface area contributed by atoms with Gasteiger partial charge in [0.25, 0.3) is 0 Å². The molecule has 0 bridgehead atoms. The summed E-state index contributed by atoms with van der Waals surface area (Å²) in [5.74, 6) is -0.992. The van der Waals surface area contributed by atoms with E-state index in [0.29, 0.717) is 6.54 Å². The highest BCUT2D eigenvalue weighted by Gasteiger charge is 2.37. The number of anilines is 2. The van der Waals surface area contributed by atoms with Crippen LogP contribution in [0.2, 0.25) is 0 Å². The van der Waals surface area contributed by atoms with Crippen LogP contribution in [-0.4, -0.2) is 42.8 Å². The number of fused-ring (bicyclic) bond motifs is 1. The molecule has 0 aromatic heterocycles. The van der Waals surface area contributed by atoms with Gasteiger partial charge < -0.3 is 15.1 Å². The van der Waals surface area contributed by atoms with E-state index in [1.54, 1.807) is 11.9 Å². The Bertz CT molecular complexity index is 1170. The van der Waals surface area contributed by atoms with Gasteiger partial charge in [-0.25, -0.2) is 0 Å². The van der Waals surface area contributed by atoms with Crippen molar-refractivity contribution in [2.45, 2.75) is 19.8 Å². The van der Waals surface area contributed by atoms with Gasteiger partial charge in [-0.05, 0) is 29.5 Å². The van der Waals surface area contributed by atoms with Crippen LogP contribution in [0.5, 0.6) is 0 Å². The third kappa shape index (κ3) is 4.35. The van der Waals surface area contributed by atoms with Crippen LogP contribution in [0, 0.1) is 5.92 Å². The van der Waals surface area contributed by atoms with Crippen LogP contribution < -0.4 is 10.2 Å². The Labute approximate surface area is 187 Å². The van der Waals surface area contributed by atoms with Gasteiger partial charge >= 0.3 is 0 Å². The number of carbonyl (C=O) groups is 3. The number of para-hydroxylation sites is 1. The van der Waals surface area contributed by atoms with E-state index >= 15 is 0 Å². The summed E-state index contributed by atoms with van der Waals surface area (Å²) in [7, 11) is 1.61. The number of nitrogens with zero attached hydrogens (tertiary/aromatic N) is 2. The first-order valence-electron chi connectivity index (χ1n) is 10.9. The highest BCUT2D eigenvalue weighted by atomic mass is 16.2. The van der Waals surface area contributed by atoms with Crippen molar-refractivity contribution < 1.29 is 14.4 Å². The summed E-state index contributed by atoms with van der Waals surface area (Å²) in [5.41, 5.74) is 2.63. The Morgan fingerprint density at radius 3 is 2.56 bits per heavy atom. The van der Waals surface area contributed by atoms with E-state index < -0.39 is 5.92 Å². The summed E-state index contributed by atoms with van der Waals surface area (Å²) in [6, 6.07) is 21.4. The Morgan fingerprint density at radius 1 is 1.03 bits per heavy atom.